The minimum Gasteiger partial charge on any atom is -0.497 e. The van der Waals surface area contributed by atoms with Gasteiger partial charge >= 0.3 is 0 Å². The molecule has 2 rings (SSSR count). The molecule has 0 aliphatic heterocycles. The number of anilines is 2. The lowest BCUT2D eigenvalue weighted by Gasteiger charge is -2.09. The fourth-order valence-corrected chi connectivity index (χ4v) is 1.49. The molecule has 88 valence electrons. The summed E-state index contributed by atoms with van der Waals surface area (Å²) >= 11 is 0. The van der Waals surface area contributed by atoms with Crippen molar-refractivity contribution in [3.8, 4) is 5.75 Å². The third-order valence-corrected chi connectivity index (χ3v) is 2.41. The van der Waals surface area contributed by atoms with E-state index in [1.54, 1.807) is 19.4 Å². The van der Waals surface area contributed by atoms with Crippen LogP contribution < -0.4 is 10.1 Å². The third-order valence-electron chi connectivity index (χ3n) is 2.41. The molecule has 2 aromatic rings. The van der Waals surface area contributed by atoms with Crippen LogP contribution in [-0.2, 0) is 6.61 Å². The summed E-state index contributed by atoms with van der Waals surface area (Å²) in [7, 11) is 1.63. The van der Waals surface area contributed by atoms with Crippen molar-refractivity contribution in [1.29, 1.82) is 0 Å². The molecule has 4 nitrogen and oxygen atoms in total. The van der Waals surface area contributed by atoms with Crippen LogP contribution in [0.5, 0.6) is 5.75 Å². The summed E-state index contributed by atoms with van der Waals surface area (Å²) < 4.78 is 5.08. The van der Waals surface area contributed by atoms with E-state index in [1.165, 1.54) is 0 Å². The number of nitrogens with one attached hydrogen (secondary N) is 1. The predicted molar refractivity (Wildman–Crippen MR) is 66.4 cm³/mol. The van der Waals surface area contributed by atoms with Crippen molar-refractivity contribution < 1.29 is 9.84 Å². The molecule has 17 heavy (non-hydrogen) atoms. The van der Waals surface area contributed by atoms with Gasteiger partial charge in [0, 0.05) is 17.4 Å². The molecule has 1 aromatic carbocycles. The van der Waals surface area contributed by atoms with Gasteiger partial charge in [-0.2, -0.15) is 0 Å². The van der Waals surface area contributed by atoms with E-state index in [9.17, 15) is 5.11 Å². The number of methoxy groups -OCH3 is 1. The zero-order valence-electron chi connectivity index (χ0n) is 9.55. The van der Waals surface area contributed by atoms with Gasteiger partial charge in [-0.3, -0.25) is 0 Å². The maximum absolute atomic E-state index is 9.18. The molecule has 1 heterocycles. The first-order chi connectivity index (χ1) is 8.33. The second kappa shape index (κ2) is 5.32. The van der Waals surface area contributed by atoms with Crippen LogP contribution in [0.15, 0.2) is 42.6 Å². The summed E-state index contributed by atoms with van der Waals surface area (Å²) in [4.78, 5) is 4.19. The Morgan fingerprint density at radius 2 is 2.00 bits per heavy atom. The minimum atomic E-state index is -0.0354. The highest BCUT2D eigenvalue weighted by Gasteiger charge is 2.02. The first kappa shape index (κ1) is 11.4. The van der Waals surface area contributed by atoms with E-state index >= 15 is 0 Å². The third kappa shape index (κ3) is 2.73. The SMILES string of the molecule is COc1ccc(Nc2ncccc2CO)cc1. The Morgan fingerprint density at radius 1 is 1.24 bits per heavy atom. The highest BCUT2D eigenvalue weighted by molar-refractivity contribution is 5.59. The van der Waals surface area contributed by atoms with Gasteiger partial charge in [-0.1, -0.05) is 6.07 Å². The predicted octanol–water partition coefficient (Wildman–Crippen LogP) is 2.33. The van der Waals surface area contributed by atoms with Crippen LogP contribution >= 0.6 is 0 Å². The lowest BCUT2D eigenvalue weighted by molar-refractivity contribution is 0.282. The number of pyridine rings is 1. The van der Waals surface area contributed by atoms with Gasteiger partial charge in [0.25, 0.3) is 0 Å². The van der Waals surface area contributed by atoms with E-state index in [1.807, 2.05) is 30.3 Å². The molecule has 0 radical (unpaired) electrons. The molecule has 0 unspecified atom stereocenters. The quantitative estimate of drug-likeness (QED) is 0.846. The normalized spacial score (nSPS) is 10.0. The van der Waals surface area contributed by atoms with Crippen molar-refractivity contribution in [2.24, 2.45) is 0 Å². The summed E-state index contributed by atoms with van der Waals surface area (Å²) in [6.07, 6.45) is 1.69. The van der Waals surface area contributed by atoms with Gasteiger partial charge in [-0.05, 0) is 30.3 Å². The molecule has 4 heteroatoms. The number of rotatable bonds is 4. The molecular formula is C13H14N2O2. The van der Waals surface area contributed by atoms with E-state index in [2.05, 4.69) is 10.3 Å². The molecule has 2 N–H and O–H groups in total. The van der Waals surface area contributed by atoms with E-state index in [4.69, 9.17) is 4.74 Å². The summed E-state index contributed by atoms with van der Waals surface area (Å²) in [6, 6.07) is 11.2. The largest absolute Gasteiger partial charge is 0.497 e. The molecule has 0 bridgehead atoms. The standard InChI is InChI=1S/C13H14N2O2/c1-17-12-6-4-11(5-7-12)15-13-10(9-16)3-2-8-14-13/h2-8,16H,9H2,1H3,(H,14,15). The molecule has 0 fully saturated rings. The van der Waals surface area contributed by atoms with Crippen LogP contribution in [0.1, 0.15) is 5.56 Å². The lowest BCUT2D eigenvalue weighted by Crippen LogP contribution is -1.98. The van der Waals surface area contributed by atoms with Crippen molar-refractivity contribution in [3.63, 3.8) is 0 Å². The average molecular weight is 230 g/mol. The summed E-state index contributed by atoms with van der Waals surface area (Å²) in [5.74, 6) is 1.47. The Balaban J connectivity index is 2.19. The molecule has 0 atom stereocenters. The Labute approximate surface area is 99.9 Å². The molecule has 0 amide bonds. The van der Waals surface area contributed by atoms with Crippen molar-refractivity contribution >= 4 is 11.5 Å². The van der Waals surface area contributed by atoms with Crippen LogP contribution in [-0.4, -0.2) is 17.2 Å². The van der Waals surface area contributed by atoms with Gasteiger partial charge < -0.3 is 15.2 Å². The van der Waals surface area contributed by atoms with Gasteiger partial charge in [0.05, 0.1) is 13.7 Å². The molecular weight excluding hydrogens is 216 g/mol. The zero-order chi connectivity index (χ0) is 12.1. The topological polar surface area (TPSA) is 54.4 Å². The second-order valence-corrected chi connectivity index (χ2v) is 3.52. The van der Waals surface area contributed by atoms with E-state index < -0.39 is 0 Å². The highest BCUT2D eigenvalue weighted by atomic mass is 16.5. The number of aromatic nitrogens is 1. The van der Waals surface area contributed by atoms with Gasteiger partial charge in [0.1, 0.15) is 11.6 Å². The number of ether oxygens (including phenoxy) is 1. The monoisotopic (exact) mass is 230 g/mol. The number of benzene rings is 1. The minimum absolute atomic E-state index is 0.0354. The fraction of sp³-hybridized carbons (Fsp3) is 0.154. The van der Waals surface area contributed by atoms with Crippen LogP contribution in [0.25, 0.3) is 0 Å². The van der Waals surface area contributed by atoms with Gasteiger partial charge in [0.2, 0.25) is 0 Å². The fourth-order valence-electron chi connectivity index (χ4n) is 1.49. The number of hydrogen-bond donors (Lipinski definition) is 2. The van der Waals surface area contributed by atoms with Crippen LogP contribution in [0.2, 0.25) is 0 Å². The van der Waals surface area contributed by atoms with E-state index in [-0.39, 0.29) is 6.61 Å². The average Bonchev–Trinajstić information content (AvgIpc) is 2.40. The van der Waals surface area contributed by atoms with E-state index in [0.29, 0.717) is 5.82 Å². The molecule has 0 saturated carbocycles. The first-order valence-electron chi connectivity index (χ1n) is 5.29. The maximum atomic E-state index is 9.18. The number of aliphatic hydroxyl groups is 1. The zero-order valence-corrected chi connectivity index (χ0v) is 9.55. The number of aliphatic hydroxyl groups excluding tert-OH is 1. The molecule has 0 saturated heterocycles. The van der Waals surface area contributed by atoms with Gasteiger partial charge in [-0.15, -0.1) is 0 Å². The van der Waals surface area contributed by atoms with Crippen LogP contribution in [0.3, 0.4) is 0 Å². The van der Waals surface area contributed by atoms with Crippen molar-refractivity contribution in [2.75, 3.05) is 12.4 Å². The van der Waals surface area contributed by atoms with Crippen LogP contribution in [0, 0.1) is 0 Å². The molecule has 0 aliphatic carbocycles. The second-order valence-electron chi connectivity index (χ2n) is 3.52. The number of nitrogens with zero attached hydrogens (tertiary/aromatic N) is 1. The Morgan fingerprint density at radius 3 is 2.65 bits per heavy atom. The van der Waals surface area contributed by atoms with E-state index in [0.717, 1.165) is 17.0 Å². The first-order valence-corrected chi connectivity index (χ1v) is 5.29. The Kier molecular flexibility index (Phi) is 3.57. The van der Waals surface area contributed by atoms with Crippen molar-refractivity contribution in [2.45, 2.75) is 6.61 Å². The number of hydrogen-bond acceptors (Lipinski definition) is 4. The van der Waals surface area contributed by atoms with Crippen molar-refractivity contribution in [1.82, 2.24) is 4.98 Å². The molecule has 1 aromatic heterocycles. The maximum Gasteiger partial charge on any atom is 0.135 e. The highest BCUT2D eigenvalue weighted by Crippen LogP contribution is 2.20. The summed E-state index contributed by atoms with van der Waals surface area (Å²) in [5.41, 5.74) is 1.67. The van der Waals surface area contributed by atoms with Gasteiger partial charge in [-0.25, -0.2) is 4.98 Å². The summed E-state index contributed by atoms with van der Waals surface area (Å²) in [6.45, 7) is -0.0354. The smallest absolute Gasteiger partial charge is 0.135 e. The Bertz CT molecular complexity index is 483. The van der Waals surface area contributed by atoms with Crippen molar-refractivity contribution in [3.05, 3.63) is 48.2 Å². The van der Waals surface area contributed by atoms with Crippen LogP contribution in [0.4, 0.5) is 11.5 Å². The molecule has 0 spiro atoms. The Hall–Kier alpha value is -2.07. The summed E-state index contributed by atoms with van der Waals surface area (Å²) in [5, 5.41) is 12.3. The van der Waals surface area contributed by atoms with Gasteiger partial charge in [0.15, 0.2) is 0 Å². The molecule has 0 aliphatic rings. The lowest BCUT2D eigenvalue weighted by atomic mass is 10.2.